The Morgan fingerprint density at radius 3 is 2.50 bits per heavy atom. The Morgan fingerprint density at radius 1 is 1.12 bits per heavy atom. The first-order valence-corrected chi connectivity index (χ1v) is 8.09. The van der Waals surface area contributed by atoms with Crippen molar-refractivity contribution in [3.05, 3.63) is 65.4 Å². The summed E-state index contributed by atoms with van der Waals surface area (Å²) in [5.74, 6) is -1.44. The number of aryl methyl sites for hydroxylation is 1. The van der Waals surface area contributed by atoms with Crippen LogP contribution >= 0.6 is 0 Å². The topological polar surface area (TPSA) is 90.7 Å². The van der Waals surface area contributed by atoms with Crippen molar-refractivity contribution in [1.29, 1.82) is 0 Å². The van der Waals surface area contributed by atoms with Crippen LogP contribution in [0.4, 0.5) is 5.82 Å². The molecule has 1 aromatic heterocycles. The molecule has 0 aliphatic heterocycles. The second-order valence-corrected chi connectivity index (χ2v) is 6.04. The summed E-state index contributed by atoms with van der Waals surface area (Å²) in [7, 11) is 0. The lowest BCUT2D eigenvalue weighted by Crippen LogP contribution is -2.29. The van der Waals surface area contributed by atoms with Gasteiger partial charge in [-0.25, -0.2) is 4.98 Å². The second kappa shape index (κ2) is 7.23. The molecular weight excluding hydrogens is 332 g/mol. The number of nitrogens with zero attached hydrogens (tertiary/aromatic N) is 2. The molecule has 0 saturated carbocycles. The van der Waals surface area contributed by atoms with Gasteiger partial charge in [-0.1, -0.05) is 42.5 Å². The molecule has 0 spiro atoms. The van der Waals surface area contributed by atoms with Crippen LogP contribution in [0.25, 0.3) is 10.8 Å². The number of pyridine rings is 1. The van der Waals surface area contributed by atoms with E-state index in [9.17, 15) is 14.7 Å². The summed E-state index contributed by atoms with van der Waals surface area (Å²) >= 11 is 0. The van der Waals surface area contributed by atoms with Gasteiger partial charge in [-0.15, -0.1) is 0 Å². The van der Waals surface area contributed by atoms with Crippen molar-refractivity contribution in [2.45, 2.75) is 13.3 Å². The molecule has 3 rings (SSSR count). The summed E-state index contributed by atoms with van der Waals surface area (Å²) in [5, 5.41) is 20.7. The fraction of sp³-hybridized carbons (Fsp3) is 0.150. The van der Waals surface area contributed by atoms with Crippen LogP contribution < -0.4 is 4.90 Å². The number of rotatable bonds is 6. The van der Waals surface area contributed by atoms with Crippen molar-refractivity contribution in [3.8, 4) is 5.75 Å². The van der Waals surface area contributed by atoms with Gasteiger partial charge in [0.05, 0.1) is 0 Å². The molecular formula is C20H18N2O4. The lowest BCUT2D eigenvalue weighted by molar-refractivity contribution is -0.136. The minimum Gasteiger partial charge on any atom is -0.504 e. The van der Waals surface area contributed by atoms with Crippen LogP contribution in [0.1, 0.15) is 16.8 Å². The number of carboxylic acid groups (broad SMARTS) is 1. The summed E-state index contributed by atoms with van der Waals surface area (Å²) in [6, 6.07) is 15.7. The van der Waals surface area contributed by atoms with Gasteiger partial charge in [0.15, 0.2) is 11.6 Å². The third-order valence-corrected chi connectivity index (χ3v) is 4.17. The standard InChI is InChI=1S/C20H18N2O4/c1-13-17-10-15(9-14-5-3-2-4-6-14)7-8-16(17)19(26)20(21-13)22(12-23)11-18(24)25/h2-8,10,12,26H,9,11H2,1H3,(H,24,25). The van der Waals surface area contributed by atoms with Gasteiger partial charge in [0, 0.05) is 16.5 Å². The highest BCUT2D eigenvalue weighted by atomic mass is 16.4. The van der Waals surface area contributed by atoms with Crippen LogP contribution in [-0.4, -0.2) is 34.1 Å². The number of aromatic hydroxyl groups is 1. The fourth-order valence-electron chi connectivity index (χ4n) is 2.94. The molecule has 0 atom stereocenters. The van der Waals surface area contributed by atoms with Crippen LogP contribution in [0.15, 0.2) is 48.5 Å². The highest BCUT2D eigenvalue weighted by Gasteiger charge is 2.19. The molecule has 0 bridgehead atoms. The molecule has 3 aromatic rings. The monoisotopic (exact) mass is 350 g/mol. The number of aromatic nitrogens is 1. The normalized spacial score (nSPS) is 10.7. The van der Waals surface area contributed by atoms with Gasteiger partial charge in [0.2, 0.25) is 6.41 Å². The van der Waals surface area contributed by atoms with Gasteiger partial charge in [-0.3, -0.25) is 14.5 Å². The van der Waals surface area contributed by atoms with Crippen molar-refractivity contribution in [2.24, 2.45) is 0 Å². The molecule has 2 N–H and O–H groups in total. The minimum absolute atomic E-state index is 0.0526. The first kappa shape index (κ1) is 17.4. The smallest absolute Gasteiger partial charge is 0.323 e. The highest BCUT2D eigenvalue weighted by molar-refractivity contribution is 5.97. The lowest BCUT2D eigenvalue weighted by Gasteiger charge is -2.18. The fourth-order valence-corrected chi connectivity index (χ4v) is 2.94. The van der Waals surface area contributed by atoms with E-state index in [0.29, 0.717) is 17.5 Å². The Kier molecular flexibility index (Phi) is 4.84. The number of benzene rings is 2. The van der Waals surface area contributed by atoms with Crippen LogP contribution in [0.3, 0.4) is 0 Å². The molecule has 0 unspecified atom stereocenters. The molecule has 26 heavy (non-hydrogen) atoms. The van der Waals surface area contributed by atoms with Gasteiger partial charge < -0.3 is 10.2 Å². The third-order valence-electron chi connectivity index (χ3n) is 4.17. The number of carbonyl (C=O) groups is 2. The van der Waals surface area contributed by atoms with E-state index >= 15 is 0 Å². The Bertz CT molecular complexity index is 970. The van der Waals surface area contributed by atoms with Crippen molar-refractivity contribution >= 4 is 29.0 Å². The van der Waals surface area contributed by atoms with Crippen LogP contribution in [0, 0.1) is 6.92 Å². The Labute approximate surface area is 150 Å². The van der Waals surface area contributed by atoms with Gasteiger partial charge in [0.25, 0.3) is 0 Å². The van der Waals surface area contributed by atoms with E-state index < -0.39 is 12.5 Å². The summed E-state index contributed by atoms with van der Waals surface area (Å²) in [4.78, 5) is 27.3. The number of anilines is 1. The molecule has 0 aliphatic rings. The zero-order valence-corrected chi connectivity index (χ0v) is 14.2. The number of hydrogen-bond donors (Lipinski definition) is 2. The Morgan fingerprint density at radius 2 is 1.85 bits per heavy atom. The molecule has 1 heterocycles. The maximum absolute atomic E-state index is 11.2. The molecule has 6 nitrogen and oxygen atoms in total. The van der Waals surface area contributed by atoms with Crippen molar-refractivity contribution < 1.29 is 19.8 Å². The minimum atomic E-state index is -1.19. The average Bonchev–Trinajstić information content (AvgIpc) is 2.63. The molecule has 0 aliphatic carbocycles. The van der Waals surface area contributed by atoms with E-state index in [2.05, 4.69) is 4.98 Å². The number of aliphatic carboxylic acids is 1. The number of hydrogen-bond acceptors (Lipinski definition) is 4. The number of carboxylic acids is 1. The van der Waals surface area contributed by atoms with E-state index in [0.717, 1.165) is 22.3 Å². The second-order valence-electron chi connectivity index (χ2n) is 6.04. The largest absolute Gasteiger partial charge is 0.504 e. The number of fused-ring (bicyclic) bond motifs is 1. The summed E-state index contributed by atoms with van der Waals surface area (Å²) < 4.78 is 0. The van der Waals surface area contributed by atoms with Crippen LogP contribution in [0.5, 0.6) is 5.75 Å². The van der Waals surface area contributed by atoms with E-state index in [-0.39, 0.29) is 11.6 Å². The van der Waals surface area contributed by atoms with E-state index in [1.54, 1.807) is 13.0 Å². The summed E-state index contributed by atoms with van der Waals surface area (Å²) in [6.45, 7) is 1.20. The molecule has 1 amide bonds. The SMILES string of the molecule is Cc1nc(N(C=O)CC(=O)O)c(O)c2ccc(Cc3ccccc3)cc12. The van der Waals surface area contributed by atoms with Crippen molar-refractivity contribution in [1.82, 2.24) is 4.98 Å². The molecule has 0 saturated heterocycles. The van der Waals surface area contributed by atoms with Gasteiger partial charge in [-0.05, 0) is 30.5 Å². The van der Waals surface area contributed by atoms with Crippen molar-refractivity contribution in [2.75, 3.05) is 11.4 Å². The Balaban J connectivity index is 2.04. The first-order valence-electron chi connectivity index (χ1n) is 8.09. The van der Waals surface area contributed by atoms with Gasteiger partial charge >= 0.3 is 5.97 Å². The zero-order chi connectivity index (χ0) is 18.7. The first-order chi connectivity index (χ1) is 12.5. The quantitative estimate of drug-likeness (QED) is 0.667. The molecule has 2 aromatic carbocycles. The summed E-state index contributed by atoms with van der Waals surface area (Å²) in [5.41, 5.74) is 2.85. The molecule has 132 valence electrons. The molecule has 0 radical (unpaired) electrons. The average molecular weight is 350 g/mol. The lowest BCUT2D eigenvalue weighted by atomic mass is 10.0. The van der Waals surface area contributed by atoms with Crippen LogP contribution in [-0.2, 0) is 16.0 Å². The van der Waals surface area contributed by atoms with E-state index in [1.165, 1.54) is 5.56 Å². The predicted octanol–water partition coefficient (Wildman–Crippen LogP) is 2.89. The maximum Gasteiger partial charge on any atom is 0.323 e. The number of carbonyl (C=O) groups excluding carboxylic acids is 1. The zero-order valence-electron chi connectivity index (χ0n) is 14.2. The third kappa shape index (κ3) is 3.49. The summed E-state index contributed by atoms with van der Waals surface area (Å²) in [6.07, 6.45) is 1.10. The molecule has 0 fully saturated rings. The molecule has 6 heteroatoms. The predicted molar refractivity (Wildman–Crippen MR) is 98.4 cm³/mol. The maximum atomic E-state index is 11.2. The highest BCUT2D eigenvalue weighted by Crippen LogP contribution is 2.35. The number of amides is 1. The Hall–Kier alpha value is -3.41. The van der Waals surface area contributed by atoms with Crippen molar-refractivity contribution in [3.63, 3.8) is 0 Å². The van der Waals surface area contributed by atoms with Gasteiger partial charge in [0.1, 0.15) is 6.54 Å². The van der Waals surface area contributed by atoms with E-state index in [4.69, 9.17) is 5.11 Å². The van der Waals surface area contributed by atoms with E-state index in [1.807, 2.05) is 42.5 Å². The van der Waals surface area contributed by atoms with Gasteiger partial charge in [-0.2, -0.15) is 0 Å². The van der Waals surface area contributed by atoms with Crippen LogP contribution in [0.2, 0.25) is 0 Å².